The van der Waals surface area contributed by atoms with E-state index in [9.17, 15) is 0 Å². The number of benzene rings is 3. The van der Waals surface area contributed by atoms with Crippen molar-refractivity contribution in [1.82, 2.24) is 0 Å². The minimum absolute atomic E-state index is 0.000282. The lowest BCUT2D eigenvalue weighted by atomic mass is 9.81. The Morgan fingerprint density at radius 2 is 1.76 bits per heavy atom. The number of para-hydroxylation sites is 1. The maximum atomic E-state index is 5.38. The van der Waals surface area contributed by atoms with Crippen molar-refractivity contribution < 1.29 is 9.31 Å². The standard InChI is InChI=1S/C31H33N2O/c1-31(2)26-9-5-6-10-29(26)32(3)30(31)19-13-21-12-18-28-25(20-21)24-8-7-11-27(24)33(28)22-14-16-23(34-4)17-15-22/h5-6,9-10,12-20,24,27H,7-8,11H2,1-4H3/q+1. The first-order valence-electron chi connectivity index (χ1n) is 12.4. The van der Waals surface area contributed by atoms with Crippen molar-refractivity contribution in [3.05, 3.63) is 89.5 Å². The molecule has 2 aliphatic heterocycles. The monoisotopic (exact) mass is 449 g/mol. The van der Waals surface area contributed by atoms with Gasteiger partial charge >= 0.3 is 0 Å². The molecule has 1 fully saturated rings. The molecule has 1 aliphatic carbocycles. The summed E-state index contributed by atoms with van der Waals surface area (Å²) in [5.74, 6) is 1.53. The molecule has 2 unspecified atom stereocenters. The fourth-order valence-electron chi connectivity index (χ4n) is 6.53. The van der Waals surface area contributed by atoms with Gasteiger partial charge in [0.15, 0.2) is 5.71 Å². The molecule has 0 spiro atoms. The summed E-state index contributed by atoms with van der Waals surface area (Å²) in [7, 11) is 3.91. The van der Waals surface area contributed by atoms with Crippen LogP contribution in [0.3, 0.4) is 0 Å². The van der Waals surface area contributed by atoms with E-state index in [1.807, 2.05) is 0 Å². The van der Waals surface area contributed by atoms with Gasteiger partial charge < -0.3 is 9.64 Å². The van der Waals surface area contributed by atoms with Gasteiger partial charge in [-0.1, -0.05) is 30.7 Å². The van der Waals surface area contributed by atoms with Crippen LogP contribution >= 0.6 is 0 Å². The summed E-state index contributed by atoms with van der Waals surface area (Å²) in [6, 6.07) is 24.9. The van der Waals surface area contributed by atoms with Crippen molar-refractivity contribution in [2.45, 2.75) is 50.5 Å². The summed E-state index contributed by atoms with van der Waals surface area (Å²) in [5, 5.41) is 0. The summed E-state index contributed by atoms with van der Waals surface area (Å²) in [4.78, 5) is 2.57. The fraction of sp³-hybridized carbons (Fsp3) is 0.323. The predicted molar refractivity (Wildman–Crippen MR) is 141 cm³/mol. The number of hydrogen-bond donors (Lipinski definition) is 0. The molecule has 0 saturated heterocycles. The highest BCUT2D eigenvalue weighted by atomic mass is 16.5. The lowest BCUT2D eigenvalue weighted by Gasteiger charge is -2.27. The minimum atomic E-state index is 0.000282. The zero-order valence-electron chi connectivity index (χ0n) is 20.6. The van der Waals surface area contributed by atoms with Gasteiger partial charge in [-0.2, -0.15) is 4.58 Å². The Hall–Kier alpha value is -3.33. The van der Waals surface area contributed by atoms with Crippen LogP contribution in [0.5, 0.6) is 5.75 Å². The third-order valence-electron chi connectivity index (χ3n) is 8.25. The lowest BCUT2D eigenvalue weighted by Crippen LogP contribution is -2.26. The molecule has 172 valence electrons. The minimum Gasteiger partial charge on any atom is -0.497 e. The van der Waals surface area contributed by atoms with E-state index in [-0.39, 0.29) is 5.41 Å². The number of hydrogen-bond acceptors (Lipinski definition) is 2. The van der Waals surface area contributed by atoms with Crippen LogP contribution in [0.4, 0.5) is 17.1 Å². The Balaban J connectivity index is 1.34. The molecule has 0 aromatic heterocycles. The van der Waals surface area contributed by atoms with Gasteiger partial charge in [0.25, 0.3) is 0 Å². The maximum Gasteiger partial charge on any atom is 0.209 e. The van der Waals surface area contributed by atoms with Crippen LogP contribution in [0.1, 0.15) is 55.7 Å². The number of allylic oxidation sites excluding steroid dienone is 1. The number of anilines is 2. The third-order valence-corrected chi connectivity index (χ3v) is 8.25. The molecule has 2 atom stereocenters. The van der Waals surface area contributed by atoms with E-state index in [0.717, 1.165) is 5.75 Å². The van der Waals surface area contributed by atoms with Crippen molar-refractivity contribution in [2.75, 3.05) is 19.1 Å². The van der Waals surface area contributed by atoms with Gasteiger partial charge in [-0.15, -0.1) is 0 Å². The van der Waals surface area contributed by atoms with Crippen molar-refractivity contribution >= 4 is 28.8 Å². The van der Waals surface area contributed by atoms with Crippen molar-refractivity contribution in [3.63, 3.8) is 0 Å². The van der Waals surface area contributed by atoms with Crippen molar-refractivity contribution in [3.8, 4) is 5.75 Å². The first-order valence-corrected chi connectivity index (χ1v) is 12.4. The normalized spacial score (nSPS) is 22.3. The molecular weight excluding hydrogens is 416 g/mol. The molecule has 3 aliphatic rings. The summed E-state index contributed by atoms with van der Waals surface area (Å²) in [6.07, 6.45) is 8.46. The van der Waals surface area contributed by atoms with E-state index in [1.165, 1.54) is 58.7 Å². The molecule has 0 amide bonds. The quantitative estimate of drug-likeness (QED) is 0.391. The van der Waals surface area contributed by atoms with Crippen LogP contribution in [0.15, 0.2) is 72.8 Å². The second-order valence-corrected chi connectivity index (χ2v) is 10.4. The third kappa shape index (κ3) is 3.14. The Kier molecular flexibility index (Phi) is 4.91. The van der Waals surface area contributed by atoms with E-state index >= 15 is 0 Å². The topological polar surface area (TPSA) is 15.5 Å². The largest absolute Gasteiger partial charge is 0.497 e. The molecule has 0 N–H and O–H groups in total. The average molecular weight is 450 g/mol. The molecule has 2 heterocycles. The number of ether oxygens (including phenoxy) is 1. The Labute approximate surface area is 203 Å². The van der Waals surface area contributed by atoms with E-state index < -0.39 is 0 Å². The van der Waals surface area contributed by atoms with Gasteiger partial charge in [-0.3, -0.25) is 0 Å². The van der Waals surface area contributed by atoms with Gasteiger partial charge in [0.2, 0.25) is 5.69 Å². The van der Waals surface area contributed by atoms with Gasteiger partial charge in [-0.05, 0) is 80.3 Å². The highest BCUT2D eigenvalue weighted by molar-refractivity contribution is 6.05. The maximum absolute atomic E-state index is 5.38. The van der Waals surface area contributed by atoms with Crippen LogP contribution in [0, 0.1) is 0 Å². The second-order valence-electron chi connectivity index (χ2n) is 10.4. The fourth-order valence-corrected chi connectivity index (χ4v) is 6.53. The van der Waals surface area contributed by atoms with Gasteiger partial charge in [0.1, 0.15) is 12.8 Å². The zero-order valence-corrected chi connectivity index (χ0v) is 20.6. The molecule has 3 nitrogen and oxygen atoms in total. The first-order chi connectivity index (χ1) is 16.5. The van der Waals surface area contributed by atoms with E-state index in [1.54, 1.807) is 7.11 Å². The van der Waals surface area contributed by atoms with Crippen LogP contribution in [-0.4, -0.2) is 30.5 Å². The van der Waals surface area contributed by atoms with Gasteiger partial charge in [0.05, 0.1) is 12.5 Å². The molecule has 1 saturated carbocycles. The van der Waals surface area contributed by atoms with Gasteiger partial charge in [0, 0.05) is 41.0 Å². The Morgan fingerprint density at radius 1 is 0.971 bits per heavy atom. The molecule has 0 bridgehead atoms. The molecule has 3 heteroatoms. The highest BCUT2D eigenvalue weighted by Crippen LogP contribution is 2.52. The first kappa shape index (κ1) is 21.2. The molecule has 0 radical (unpaired) electrons. The van der Waals surface area contributed by atoms with Crippen LogP contribution in [0.2, 0.25) is 0 Å². The number of nitrogens with zero attached hydrogens (tertiary/aromatic N) is 2. The van der Waals surface area contributed by atoms with Crippen LogP contribution in [0.25, 0.3) is 6.08 Å². The molecule has 34 heavy (non-hydrogen) atoms. The predicted octanol–water partition coefficient (Wildman–Crippen LogP) is 7.20. The lowest BCUT2D eigenvalue weighted by molar-refractivity contribution is -0.401. The summed E-state index contributed by atoms with van der Waals surface area (Å²) in [5.41, 5.74) is 9.48. The summed E-state index contributed by atoms with van der Waals surface area (Å²) < 4.78 is 7.73. The summed E-state index contributed by atoms with van der Waals surface area (Å²) >= 11 is 0. The highest BCUT2D eigenvalue weighted by Gasteiger charge is 2.43. The molecule has 6 rings (SSSR count). The molecular formula is C31H33N2O+. The van der Waals surface area contributed by atoms with E-state index in [0.29, 0.717) is 12.0 Å². The van der Waals surface area contributed by atoms with Crippen molar-refractivity contribution in [1.29, 1.82) is 0 Å². The van der Waals surface area contributed by atoms with Crippen LogP contribution < -0.4 is 9.64 Å². The Morgan fingerprint density at radius 3 is 2.53 bits per heavy atom. The number of fused-ring (bicyclic) bond motifs is 4. The average Bonchev–Trinajstić information content (AvgIpc) is 3.49. The Bertz CT molecular complexity index is 1320. The number of rotatable bonds is 4. The van der Waals surface area contributed by atoms with Crippen LogP contribution in [-0.2, 0) is 5.41 Å². The van der Waals surface area contributed by atoms with E-state index in [2.05, 4.69) is 109 Å². The summed E-state index contributed by atoms with van der Waals surface area (Å²) in [6.45, 7) is 4.65. The SMILES string of the molecule is COc1ccc(N2c3ccc(/C=C/C4=[N+](C)c5ccccc5C4(C)C)cc3C3CCCC32)cc1. The van der Waals surface area contributed by atoms with Gasteiger partial charge in [-0.25, -0.2) is 0 Å². The van der Waals surface area contributed by atoms with Crippen molar-refractivity contribution in [2.24, 2.45) is 0 Å². The second kappa shape index (κ2) is 7.87. The molecule has 3 aromatic rings. The van der Waals surface area contributed by atoms with E-state index in [4.69, 9.17) is 4.74 Å². The number of methoxy groups -OCH3 is 1. The molecule has 3 aromatic carbocycles. The zero-order chi connectivity index (χ0) is 23.4. The smallest absolute Gasteiger partial charge is 0.209 e.